The molecule has 2 aromatic heterocycles. The second kappa shape index (κ2) is 7.05. The van der Waals surface area contributed by atoms with Crippen LogP contribution in [-0.4, -0.2) is 28.9 Å². The lowest BCUT2D eigenvalue weighted by atomic mass is 10.0. The van der Waals surface area contributed by atoms with Crippen molar-refractivity contribution in [3.63, 3.8) is 0 Å². The minimum absolute atomic E-state index is 0.419. The monoisotopic (exact) mass is 344 g/mol. The van der Waals surface area contributed by atoms with Crippen LogP contribution in [0.1, 0.15) is 12.8 Å². The summed E-state index contributed by atoms with van der Waals surface area (Å²) in [5.41, 5.74) is 1.30. The Labute approximate surface area is 135 Å². The summed E-state index contributed by atoms with van der Waals surface area (Å²) in [5.74, 6) is 1.20. The standard InChI is InChI=1S/C14H14ClFN2OS2/c15-11-6-17-13(16)5-10(11)12-8-21-14(18-12)20-7-9-1-3-19-4-2-9/h5-6,8-9H,1-4,7H2. The van der Waals surface area contributed by atoms with Crippen LogP contribution in [0.2, 0.25) is 5.02 Å². The largest absolute Gasteiger partial charge is 0.381 e. The molecule has 0 aliphatic carbocycles. The van der Waals surface area contributed by atoms with Gasteiger partial charge in [0.15, 0.2) is 4.34 Å². The Bertz CT molecular complexity index is 617. The van der Waals surface area contributed by atoms with E-state index in [-0.39, 0.29) is 0 Å². The van der Waals surface area contributed by atoms with Crippen molar-refractivity contribution < 1.29 is 9.13 Å². The number of thiazole rings is 1. The molecule has 0 N–H and O–H groups in total. The molecule has 0 amide bonds. The second-order valence-corrected chi connectivity index (χ2v) is 7.38. The molecule has 1 saturated heterocycles. The van der Waals surface area contributed by atoms with E-state index in [0.717, 1.165) is 36.1 Å². The predicted molar refractivity (Wildman–Crippen MR) is 84.6 cm³/mol. The Morgan fingerprint density at radius 1 is 1.43 bits per heavy atom. The van der Waals surface area contributed by atoms with Crippen LogP contribution >= 0.6 is 34.7 Å². The molecule has 3 nitrogen and oxygen atoms in total. The summed E-state index contributed by atoms with van der Waals surface area (Å²) in [6, 6.07) is 1.32. The van der Waals surface area contributed by atoms with Crippen LogP contribution in [0.25, 0.3) is 11.3 Å². The van der Waals surface area contributed by atoms with Gasteiger partial charge >= 0.3 is 0 Å². The fourth-order valence-electron chi connectivity index (χ4n) is 2.16. The highest BCUT2D eigenvalue weighted by atomic mass is 35.5. The molecule has 1 fully saturated rings. The average molecular weight is 345 g/mol. The van der Waals surface area contributed by atoms with Gasteiger partial charge in [-0.05, 0) is 18.8 Å². The molecule has 21 heavy (non-hydrogen) atoms. The summed E-state index contributed by atoms with van der Waals surface area (Å²) in [7, 11) is 0. The first-order valence-corrected chi connectivity index (χ1v) is 8.94. The molecule has 7 heteroatoms. The number of hydrogen-bond acceptors (Lipinski definition) is 5. The topological polar surface area (TPSA) is 35.0 Å². The number of rotatable bonds is 4. The van der Waals surface area contributed by atoms with Gasteiger partial charge in [-0.3, -0.25) is 0 Å². The molecule has 112 valence electrons. The average Bonchev–Trinajstić information content (AvgIpc) is 2.97. The van der Waals surface area contributed by atoms with Crippen LogP contribution in [0.15, 0.2) is 22.0 Å². The third kappa shape index (κ3) is 3.94. The van der Waals surface area contributed by atoms with E-state index in [4.69, 9.17) is 16.3 Å². The highest BCUT2D eigenvalue weighted by Crippen LogP contribution is 2.33. The Hall–Kier alpha value is -0.690. The Kier molecular flexibility index (Phi) is 5.11. The molecule has 0 spiro atoms. The van der Waals surface area contributed by atoms with E-state index in [1.165, 1.54) is 12.3 Å². The molecule has 2 aromatic rings. The first-order valence-electron chi connectivity index (χ1n) is 6.70. The molecule has 0 saturated carbocycles. The molecule has 0 bridgehead atoms. The van der Waals surface area contributed by atoms with Gasteiger partial charge in [0.1, 0.15) is 0 Å². The summed E-state index contributed by atoms with van der Waals surface area (Å²) in [6.07, 6.45) is 3.56. The molecule has 0 aromatic carbocycles. The highest BCUT2D eigenvalue weighted by molar-refractivity contribution is 8.01. The van der Waals surface area contributed by atoms with E-state index in [2.05, 4.69) is 9.97 Å². The number of thioether (sulfide) groups is 1. The molecular weight excluding hydrogens is 331 g/mol. The smallest absolute Gasteiger partial charge is 0.213 e. The molecule has 0 atom stereocenters. The van der Waals surface area contributed by atoms with E-state index < -0.39 is 5.95 Å². The summed E-state index contributed by atoms with van der Waals surface area (Å²) >= 11 is 9.37. The van der Waals surface area contributed by atoms with Crippen molar-refractivity contribution in [2.24, 2.45) is 5.92 Å². The van der Waals surface area contributed by atoms with Crippen molar-refractivity contribution in [3.05, 3.63) is 28.6 Å². The van der Waals surface area contributed by atoms with Gasteiger partial charge in [-0.15, -0.1) is 11.3 Å². The van der Waals surface area contributed by atoms with Crippen molar-refractivity contribution in [1.82, 2.24) is 9.97 Å². The van der Waals surface area contributed by atoms with Crippen LogP contribution in [0.5, 0.6) is 0 Å². The van der Waals surface area contributed by atoms with E-state index in [1.807, 2.05) is 5.38 Å². The molecule has 3 rings (SSSR count). The number of hydrogen-bond donors (Lipinski definition) is 0. The number of nitrogens with zero attached hydrogens (tertiary/aromatic N) is 2. The van der Waals surface area contributed by atoms with Gasteiger partial charge in [0.05, 0.1) is 10.7 Å². The summed E-state index contributed by atoms with van der Waals surface area (Å²) in [6.45, 7) is 1.72. The van der Waals surface area contributed by atoms with Crippen molar-refractivity contribution >= 4 is 34.7 Å². The van der Waals surface area contributed by atoms with E-state index >= 15 is 0 Å². The SMILES string of the molecule is Fc1cc(-c2csc(SCC3CCOCC3)n2)c(Cl)cn1. The summed E-state index contributed by atoms with van der Waals surface area (Å²) in [4.78, 5) is 8.07. The minimum atomic E-state index is -0.543. The molecule has 0 radical (unpaired) electrons. The number of halogens is 2. The van der Waals surface area contributed by atoms with Crippen molar-refractivity contribution in [2.45, 2.75) is 17.2 Å². The van der Waals surface area contributed by atoms with Crippen molar-refractivity contribution in [1.29, 1.82) is 0 Å². The van der Waals surface area contributed by atoms with E-state index in [0.29, 0.717) is 22.2 Å². The van der Waals surface area contributed by atoms with E-state index in [1.54, 1.807) is 23.1 Å². The maximum Gasteiger partial charge on any atom is 0.213 e. The van der Waals surface area contributed by atoms with Gasteiger partial charge in [0.25, 0.3) is 0 Å². The third-order valence-corrected chi connectivity index (χ3v) is 5.92. The molecule has 1 aliphatic rings. The molecule has 1 aliphatic heterocycles. The quantitative estimate of drug-likeness (QED) is 0.603. The first kappa shape index (κ1) is 15.2. The fourth-order valence-corrected chi connectivity index (χ4v) is 4.40. The van der Waals surface area contributed by atoms with Gasteiger partial charge in [0, 0.05) is 42.2 Å². The lowest BCUT2D eigenvalue weighted by molar-refractivity contribution is 0.0728. The van der Waals surface area contributed by atoms with Crippen LogP contribution < -0.4 is 0 Å². The third-order valence-electron chi connectivity index (χ3n) is 3.36. The summed E-state index contributed by atoms with van der Waals surface area (Å²) < 4.78 is 19.6. The first-order chi connectivity index (χ1) is 10.2. The van der Waals surface area contributed by atoms with Crippen LogP contribution in [0.3, 0.4) is 0 Å². The van der Waals surface area contributed by atoms with Gasteiger partial charge in [-0.25, -0.2) is 9.97 Å². The summed E-state index contributed by atoms with van der Waals surface area (Å²) in [5, 5.41) is 2.33. The Morgan fingerprint density at radius 2 is 2.24 bits per heavy atom. The zero-order valence-electron chi connectivity index (χ0n) is 11.2. The molecular formula is C14H14ClFN2OS2. The van der Waals surface area contributed by atoms with Gasteiger partial charge in [-0.2, -0.15) is 4.39 Å². The number of aromatic nitrogens is 2. The van der Waals surface area contributed by atoms with Crippen molar-refractivity contribution in [2.75, 3.05) is 19.0 Å². The molecule has 0 unspecified atom stereocenters. The lowest BCUT2D eigenvalue weighted by Gasteiger charge is -2.20. The minimum Gasteiger partial charge on any atom is -0.381 e. The van der Waals surface area contributed by atoms with E-state index in [9.17, 15) is 4.39 Å². The highest BCUT2D eigenvalue weighted by Gasteiger charge is 2.16. The number of pyridine rings is 1. The maximum absolute atomic E-state index is 13.2. The van der Waals surface area contributed by atoms with Gasteiger partial charge < -0.3 is 4.74 Å². The number of ether oxygens (including phenoxy) is 1. The van der Waals surface area contributed by atoms with Crippen molar-refractivity contribution in [3.8, 4) is 11.3 Å². The molecule has 3 heterocycles. The lowest BCUT2D eigenvalue weighted by Crippen LogP contribution is -2.17. The Morgan fingerprint density at radius 3 is 3.05 bits per heavy atom. The maximum atomic E-state index is 13.2. The fraction of sp³-hybridized carbons (Fsp3) is 0.429. The zero-order chi connectivity index (χ0) is 14.7. The van der Waals surface area contributed by atoms with Crippen LogP contribution in [0.4, 0.5) is 4.39 Å². The zero-order valence-corrected chi connectivity index (χ0v) is 13.6. The Balaban J connectivity index is 1.66. The normalized spacial score (nSPS) is 16.3. The predicted octanol–water partition coefficient (Wildman–Crippen LogP) is 4.52. The van der Waals surface area contributed by atoms with Crippen LogP contribution in [0, 0.1) is 11.9 Å². The second-order valence-electron chi connectivity index (χ2n) is 4.85. The van der Waals surface area contributed by atoms with Gasteiger partial charge in [0.2, 0.25) is 5.95 Å². The van der Waals surface area contributed by atoms with Gasteiger partial charge in [-0.1, -0.05) is 23.4 Å². The van der Waals surface area contributed by atoms with Crippen LogP contribution in [-0.2, 0) is 4.74 Å².